The standard InChI is InChI=1S/C71H132O6/c1-4-7-10-13-16-19-22-25-28-31-33-35-37-40-42-45-48-51-54-57-60-63-69(72)75-66-68(77-71(74)65-62-59-56-53-50-47-44-39-30-27-24-21-18-15-12-9-6-3)67-76-70(73)64-61-58-55-52-49-46-43-41-38-36-34-32-29-26-23-20-17-14-11-8-5-2/h25-30,68H,4-24,31-67H2,1-3H3/b28-25-,29-26-,30-27-. The Morgan fingerprint density at radius 2 is 0.429 bits per heavy atom. The molecule has 77 heavy (non-hydrogen) atoms. The monoisotopic (exact) mass is 1080 g/mol. The molecule has 0 unspecified atom stereocenters. The Morgan fingerprint density at radius 1 is 0.247 bits per heavy atom. The van der Waals surface area contributed by atoms with Crippen molar-refractivity contribution in [1.29, 1.82) is 0 Å². The van der Waals surface area contributed by atoms with E-state index in [1.54, 1.807) is 0 Å². The molecule has 0 heterocycles. The van der Waals surface area contributed by atoms with Crippen LogP contribution in [0.3, 0.4) is 0 Å². The molecule has 0 aromatic heterocycles. The van der Waals surface area contributed by atoms with E-state index in [0.717, 1.165) is 57.8 Å². The van der Waals surface area contributed by atoms with Crippen LogP contribution in [0.15, 0.2) is 36.5 Å². The number of carbonyl (C=O) groups excluding carboxylic acids is 3. The summed E-state index contributed by atoms with van der Waals surface area (Å²) in [6.07, 6.45) is 81.6. The molecule has 0 amide bonds. The number of esters is 3. The van der Waals surface area contributed by atoms with E-state index in [0.29, 0.717) is 19.3 Å². The molecule has 0 N–H and O–H groups in total. The van der Waals surface area contributed by atoms with Crippen LogP contribution in [-0.2, 0) is 28.6 Å². The minimum atomic E-state index is -0.775. The lowest BCUT2D eigenvalue weighted by Crippen LogP contribution is -2.30. The summed E-state index contributed by atoms with van der Waals surface area (Å²) in [5.41, 5.74) is 0. The summed E-state index contributed by atoms with van der Waals surface area (Å²) in [5, 5.41) is 0. The molecule has 0 rings (SSSR count). The van der Waals surface area contributed by atoms with Gasteiger partial charge in [0.25, 0.3) is 0 Å². The minimum absolute atomic E-state index is 0.0707. The van der Waals surface area contributed by atoms with E-state index >= 15 is 0 Å². The molecule has 6 nitrogen and oxygen atoms in total. The molecule has 0 aromatic carbocycles. The predicted octanol–water partition coefficient (Wildman–Crippen LogP) is 23.6. The highest BCUT2D eigenvalue weighted by Gasteiger charge is 2.19. The molecule has 0 fully saturated rings. The Bertz CT molecular complexity index is 1220. The number of unbranched alkanes of at least 4 members (excludes halogenated alkanes) is 47. The molecular formula is C71H132O6. The highest BCUT2D eigenvalue weighted by Crippen LogP contribution is 2.18. The van der Waals surface area contributed by atoms with Crippen LogP contribution in [0.25, 0.3) is 0 Å². The summed E-state index contributed by atoms with van der Waals surface area (Å²) in [6, 6.07) is 0. The predicted molar refractivity (Wildman–Crippen MR) is 335 cm³/mol. The van der Waals surface area contributed by atoms with E-state index < -0.39 is 6.10 Å². The van der Waals surface area contributed by atoms with Gasteiger partial charge in [0, 0.05) is 19.3 Å². The van der Waals surface area contributed by atoms with Gasteiger partial charge in [-0.1, -0.05) is 301 Å². The van der Waals surface area contributed by atoms with Crippen molar-refractivity contribution in [2.45, 2.75) is 386 Å². The summed E-state index contributed by atoms with van der Waals surface area (Å²) in [7, 11) is 0. The van der Waals surface area contributed by atoms with Gasteiger partial charge >= 0.3 is 17.9 Å². The third kappa shape index (κ3) is 64.3. The van der Waals surface area contributed by atoms with Crippen molar-refractivity contribution in [2.75, 3.05) is 13.2 Å². The highest BCUT2D eigenvalue weighted by molar-refractivity contribution is 5.71. The zero-order valence-electron chi connectivity index (χ0n) is 52.0. The molecule has 0 radical (unpaired) electrons. The van der Waals surface area contributed by atoms with Gasteiger partial charge in [-0.15, -0.1) is 0 Å². The van der Waals surface area contributed by atoms with Crippen molar-refractivity contribution in [1.82, 2.24) is 0 Å². The maximum Gasteiger partial charge on any atom is 0.306 e. The maximum absolute atomic E-state index is 12.9. The zero-order chi connectivity index (χ0) is 55.7. The molecule has 0 saturated heterocycles. The summed E-state index contributed by atoms with van der Waals surface area (Å²) in [4.78, 5) is 38.4. The van der Waals surface area contributed by atoms with Gasteiger partial charge < -0.3 is 14.2 Å². The lowest BCUT2D eigenvalue weighted by atomic mass is 10.0. The second kappa shape index (κ2) is 66.1. The molecule has 452 valence electrons. The van der Waals surface area contributed by atoms with Gasteiger partial charge in [0.2, 0.25) is 0 Å². The number of hydrogen-bond acceptors (Lipinski definition) is 6. The molecule has 0 spiro atoms. The van der Waals surface area contributed by atoms with Crippen molar-refractivity contribution in [3.8, 4) is 0 Å². The maximum atomic E-state index is 12.9. The van der Waals surface area contributed by atoms with Gasteiger partial charge in [0.1, 0.15) is 13.2 Å². The van der Waals surface area contributed by atoms with Gasteiger partial charge in [-0.2, -0.15) is 0 Å². The van der Waals surface area contributed by atoms with Crippen molar-refractivity contribution in [3.05, 3.63) is 36.5 Å². The highest BCUT2D eigenvalue weighted by atomic mass is 16.6. The first-order valence-corrected chi connectivity index (χ1v) is 34.5. The lowest BCUT2D eigenvalue weighted by Gasteiger charge is -2.18. The van der Waals surface area contributed by atoms with Gasteiger partial charge in [0.05, 0.1) is 0 Å². The number of allylic oxidation sites excluding steroid dienone is 6. The second-order valence-corrected chi connectivity index (χ2v) is 23.4. The van der Waals surface area contributed by atoms with E-state index in [2.05, 4.69) is 57.2 Å². The molecule has 0 atom stereocenters. The van der Waals surface area contributed by atoms with E-state index in [9.17, 15) is 14.4 Å². The van der Waals surface area contributed by atoms with E-state index in [4.69, 9.17) is 14.2 Å². The van der Waals surface area contributed by atoms with E-state index in [1.807, 2.05) is 0 Å². The van der Waals surface area contributed by atoms with Gasteiger partial charge in [-0.25, -0.2) is 0 Å². The molecule has 6 heteroatoms. The largest absolute Gasteiger partial charge is 0.462 e. The fourth-order valence-electron chi connectivity index (χ4n) is 10.4. The first kappa shape index (κ1) is 74.6. The SMILES string of the molecule is CCCCCCCC/C=C\CCCCCCCCCCCCCC(=O)OCC(COC(=O)CCCCCCCCCCCCC/C=C\CCCCCCCC)OC(=O)CCCCCCCCC/C=C\CCCCCCCC. The summed E-state index contributed by atoms with van der Waals surface area (Å²) >= 11 is 0. The Balaban J connectivity index is 4.31. The number of ether oxygens (including phenoxy) is 3. The molecule has 0 aliphatic heterocycles. The Kier molecular flexibility index (Phi) is 64.1. The molecule has 0 saturated carbocycles. The smallest absolute Gasteiger partial charge is 0.306 e. The van der Waals surface area contributed by atoms with Gasteiger partial charge in [-0.3, -0.25) is 14.4 Å². The fraction of sp³-hybridized carbons (Fsp3) is 0.873. The summed E-state index contributed by atoms with van der Waals surface area (Å²) < 4.78 is 17.0. The van der Waals surface area contributed by atoms with Gasteiger partial charge in [-0.05, 0) is 96.3 Å². The minimum Gasteiger partial charge on any atom is -0.462 e. The molecular weight excluding hydrogens is 949 g/mol. The molecule has 0 aliphatic rings. The van der Waals surface area contributed by atoms with Crippen LogP contribution in [0.1, 0.15) is 380 Å². The average Bonchev–Trinajstić information content (AvgIpc) is 3.43. The van der Waals surface area contributed by atoms with Crippen molar-refractivity contribution < 1.29 is 28.6 Å². The number of rotatable bonds is 64. The molecule has 0 bridgehead atoms. The zero-order valence-corrected chi connectivity index (χ0v) is 52.0. The third-order valence-electron chi connectivity index (χ3n) is 15.6. The Hall–Kier alpha value is -2.37. The van der Waals surface area contributed by atoms with Crippen molar-refractivity contribution >= 4 is 17.9 Å². The van der Waals surface area contributed by atoms with Crippen molar-refractivity contribution in [3.63, 3.8) is 0 Å². The van der Waals surface area contributed by atoms with Crippen molar-refractivity contribution in [2.24, 2.45) is 0 Å². The normalized spacial score (nSPS) is 11.8. The van der Waals surface area contributed by atoms with Crippen LogP contribution in [-0.4, -0.2) is 37.2 Å². The Morgan fingerprint density at radius 3 is 0.649 bits per heavy atom. The third-order valence-corrected chi connectivity index (χ3v) is 15.6. The number of hydrogen-bond donors (Lipinski definition) is 0. The first-order chi connectivity index (χ1) is 38.0. The first-order valence-electron chi connectivity index (χ1n) is 34.5. The summed E-state index contributed by atoms with van der Waals surface area (Å²) in [5.74, 6) is -0.849. The quantitative estimate of drug-likeness (QED) is 0.0261. The molecule has 0 aromatic rings. The fourth-order valence-corrected chi connectivity index (χ4v) is 10.4. The van der Waals surface area contributed by atoms with E-state index in [1.165, 1.54) is 283 Å². The topological polar surface area (TPSA) is 78.9 Å². The van der Waals surface area contributed by atoms with Crippen LogP contribution >= 0.6 is 0 Å². The average molecular weight is 1080 g/mol. The van der Waals surface area contributed by atoms with Crippen LogP contribution < -0.4 is 0 Å². The van der Waals surface area contributed by atoms with Crippen LogP contribution in [0.4, 0.5) is 0 Å². The van der Waals surface area contributed by atoms with Crippen LogP contribution in [0.5, 0.6) is 0 Å². The van der Waals surface area contributed by atoms with Crippen LogP contribution in [0.2, 0.25) is 0 Å². The molecule has 0 aliphatic carbocycles. The second-order valence-electron chi connectivity index (χ2n) is 23.4. The van der Waals surface area contributed by atoms with E-state index in [-0.39, 0.29) is 31.1 Å². The number of carbonyl (C=O) groups is 3. The van der Waals surface area contributed by atoms with Gasteiger partial charge in [0.15, 0.2) is 6.10 Å². The Labute approximate surface area is 480 Å². The van der Waals surface area contributed by atoms with Crippen LogP contribution in [0, 0.1) is 0 Å². The lowest BCUT2D eigenvalue weighted by molar-refractivity contribution is -0.167. The summed E-state index contributed by atoms with van der Waals surface area (Å²) in [6.45, 7) is 6.69.